The Balaban J connectivity index is 1.81. The summed E-state index contributed by atoms with van der Waals surface area (Å²) in [6, 6.07) is 16.5. The van der Waals surface area contributed by atoms with Crippen molar-refractivity contribution in [3.8, 4) is 5.69 Å². The molecule has 0 spiro atoms. The molecule has 0 radical (unpaired) electrons. The summed E-state index contributed by atoms with van der Waals surface area (Å²) in [4.78, 5) is 6.88. The summed E-state index contributed by atoms with van der Waals surface area (Å²) in [5.41, 5.74) is 4.33. The third-order valence-corrected chi connectivity index (χ3v) is 5.94. The fraction of sp³-hybridized carbons (Fsp3) is 0.273. The summed E-state index contributed by atoms with van der Waals surface area (Å²) in [6.45, 7) is 5.10. The highest BCUT2D eigenvalue weighted by Gasteiger charge is 2.40. The Hall–Kier alpha value is -2.37. The number of halogens is 1. The highest BCUT2D eigenvalue weighted by Crippen LogP contribution is 2.39. The van der Waals surface area contributed by atoms with Crippen LogP contribution in [0.3, 0.4) is 0 Å². The highest BCUT2D eigenvalue weighted by atomic mass is 35.5. The summed E-state index contributed by atoms with van der Waals surface area (Å²) in [5.74, 6) is 0. The van der Waals surface area contributed by atoms with Crippen LogP contribution in [0.25, 0.3) is 5.69 Å². The topological polar surface area (TPSA) is 33.1 Å². The van der Waals surface area contributed by atoms with Crippen LogP contribution >= 0.6 is 23.8 Å². The van der Waals surface area contributed by atoms with Gasteiger partial charge in [0.15, 0.2) is 5.11 Å². The Labute approximate surface area is 176 Å². The lowest BCUT2D eigenvalue weighted by molar-refractivity contribution is 0.309. The van der Waals surface area contributed by atoms with Gasteiger partial charge in [0.25, 0.3) is 0 Å². The fourth-order valence-electron chi connectivity index (χ4n) is 3.86. The second kappa shape index (κ2) is 7.94. The summed E-state index contributed by atoms with van der Waals surface area (Å²) in [5, 5.41) is 5.06. The van der Waals surface area contributed by atoms with E-state index in [1.807, 2.05) is 31.3 Å². The molecule has 1 N–H and O–H groups in total. The molecule has 1 aromatic carbocycles. The summed E-state index contributed by atoms with van der Waals surface area (Å²) in [7, 11) is 0. The van der Waals surface area contributed by atoms with Crippen molar-refractivity contribution in [3.63, 3.8) is 0 Å². The molecule has 2 atom stereocenters. The van der Waals surface area contributed by atoms with Gasteiger partial charge in [-0.2, -0.15) is 0 Å². The zero-order chi connectivity index (χ0) is 19.7. The van der Waals surface area contributed by atoms with Gasteiger partial charge in [0.1, 0.15) is 0 Å². The van der Waals surface area contributed by atoms with E-state index in [0.717, 1.165) is 40.0 Å². The van der Waals surface area contributed by atoms with E-state index < -0.39 is 0 Å². The molecule has 1 saturated heterocycles. The summed E-state index contributed by atoms with van der Waals surface area (Å²) >= 11 is 11.9. The van der Waals surface area contributed by atoms with Crippen LogP contribution in [0.15, 0.2) is 60.9 Å². The molecule has 0 aliphatic carbocycles. The Kier molecular flexibility index (Phi) is 5.38. The zero-order valence-electron chi connectivity index (χ0n) is 16.0. The lowest BCUT2D eigenvalue weighted by Crippen LogP contribution is -2.31. The second-order valence-corrected chi connectivity index (χ2v) is 7.85. The van der Waals surface area contributed by atoms with Crippen LogP contribution in [0.2, 0.25) is 5.02 Å². The van der Waals surface area contributed by atoms with Gasteiger partial charge in [0, 0.05) is 35.3 Å². The molecular formula is C22H23ClN4S. The van der Waals surface area contributed by atoms with Gasteiger partial charge in [0.2, 0.25) is 0 Å². The minimum absolute atomic E-state index is 0.00213. The molecule has 3 heterocycles. The number of nitrogens with one attached hydrogen (secondary N) is 1. The van der Waals surface area contributed by atoms with Gasteiger partial charge in [-0.1, -0.05) is 24.6 Å². The molecule has 0 amide bonds. The van der Waals surface area contributed by atoms with E-state index in [4.69, 9.17) is 23.8 Å². The zero-order valence-corrected chi connectivity index (χ0v) is 17.5. The van der Waals surface area contributed by atoms with Crippen molar-refractivity contribution in [2.45, 2.75) is 32.4 Å². The average molecular weight is 411 g/mol. The quantitative estimate of drug-likeness (QED) is 0.585. The van der Waals surface area contributed by atoms with Gasteiger partial charge in [-0.25, -0.2) is 0 Å². The number of hydrogen-bond donors (Lipinski definition) is 1. The predicted octanol–water partition coefficient (Wildman–Crippen LogP) is 5.22. The van der Waals surface area contributed by atoms with Crippen molar-refractivity contribution in [2.24, 2.45) is 0 Å². The van der Waals surface area contributed by atoms with Gasteiger partial charge in [0.05, 0.1) is 17.8 Å². The second-order valence-electron chi connectivity index (χ2n) is 7.06. The van der Waals surface area contributed by atoms with E-state index in [-0.39, 0.29) is 12.1 Å². The fourth-order valence-corrected chi connectivity index (χ4v) is 4.31. The van der Waals surface area contributed by atoms with Crippen molar-refractivity contribution in [1.29, 1.82) is 0 Å². The average Bonchev–Trinajstić information content (AvgIpc) is 3.30. The first-order valence-electron chi connectivity index (χ1n) is 9.52. The smallest absolute Gasteiger partial charge is 0.170 e. The van der Waals surface area contributed by atoms with Crippen LogP contribution in [0.5, 0.6) is 0 Å². The van der Waals surface area contributed by atoms with Gasteiger partial charge < -0.3 is 14.8 Å². The SMILES string of the molecule is CCCN1C(=S)NC(c2ccccn2)C1c1cccn1-c1ccc(Cl)c(C)c1. The van der Waals surface area contributed by atoms with E-state index in [9.17, 15) is 0 Å². The molecule has 1 fully saturated rings. The Bertz CT molecular complexity index is 985. The number of rotatable bonds is 5. The molecule has 2 unspecified atom stereocenters. The van der Waals surface area contributed by atoms with Crippen LogP contribution in [0, 0.1) is 6.92 Å². The van der Waals surface area contributed by atoms with Crippen molar-refractivity contribution in [3.05, 3.63) is 82.9 Å². The third-order valence-electron chi connectivity index (χ3n) is 5.17. The monoisotopic (exact) mass is 410 g/mol. The predicted molar refractivity (Wildman–Crippen MR) is 118 cm³/mol. The molecule has 144 valence electrons. The van der Waals surface area contributed by atoms with E-state index in [1.54, 1.807) is 0 Å². The van der Waals surface area contributed by atoms with Gasteiger partial charge in [-0.3, -0.25) is 4.98 Å². The number of benzene rings is 1. The van der Waals surface area contributed by atoms with Crippen LogP contribution in [-0.4, -0.2) is 26.1 Å². The molecule has 1 aliphatic rings. The number of nitrogens with zero attached hydrogens (tertiary/aromatic N) is 3. The molecule has 6 heteroatoms. The molecule has 2 aromatic heterocycles. The van der Waals surface area contributed by atoms with Crippen molar-refractivity contribution >= 4 is 28.9 Å². The molecular weight excluding hydrogens is 388 g/mol. The van der Waals surface area contributed by atoms with Crippen LogP contribution in [-0.2, 0) is 0 Å². The van der Waals surface area contributed by atoms with Crippen LogP contribution < -0.4 is 5.32 Å². The Morgan fingerprint density at radius 3 is 2.75 bits per heavy atom. The number of aryl methyl sites for hydroxylation is 1. The normalized spacial score (nSPS) is 19.1. The van der Waals surface area contributed by atoms with Crippen LogP contribution in [0.1, 0.15) is 42.4 Å². The Morgan fingerprint density at radius 1 is 1.18 bits per heavy atom. The summed E-state index contributed by atoms with van der Waals surface area (Å²) < 4.78 is 2.22. The molecule has 1 aliphatic heterocycles. The maximum absolute atomic E-state index is 6.24. The van der Waals surface area contributed by atoms with E-state index in [2.05, 4.69) is 63.2 Å². The molecule has 4 rings (SSSR count). The minimum atomic E-state index is 0.00213. The van der Waals surface area contributed by atoms with Crippen molar-refractivity contribution in [1.82, 2.24) is 19.8 Å². The van der Waals surface area contributed by atoms with E-state index in [0.29, 0.717) is 0 Å². The molecule has 4 nitrogen and oxygen atoms in total. The lowest BCUT2D eigenvalue weighted by atomic mass is 10.0. The number of hydrogen-bond acceptors (Lipinski definition) is 2. The molecule has 0 bridgehead atoms. The van der Waals surface area contributed by atoms with Crippen LogP contribution in [0.4, 0.5) is 0 Å². The third kappa shape index (κ3) is 3.40. The standard InChI is InChI=1S/C22H23ClN4S/c1-3-12-27-21(20(25-22(27)28)18-7-4-5-11-24-18)19-8-6-13-26(19)16-9-10-17(23)15(2)14-16/h4-11,13-14,20-21H,3,12H2,1-2H3,(H,25,28). The first kappa shape index (κ1) is 19.0. The maximum Gasteiger partial charge on any atom is 0.170 e. The first-order chi connectivity index (χ1) is 13.6. The number of thiocarbonyl (C=S) groups is 1. The van der Waals surface area contributed by atoms with E-state index in [1.165, 1.54) is 5.69 Å². The summed E-state index contributed by atoms with van der Waals surface area (Å²) in [6.07, 6.45) is 4.95. The minimum Gasteiger partial charge on any atom is -0.352 e. The Morgan fingerprint density at radius 2 is 2.04 bits per heavy atom. The molecule has 0 saturated carbocycles. The van der Waals surface area contributed by atoms with E-state index >= 15 is 0 Å². The lowest BCUT2D eigenvalue weighted by Gasteiger charge is -2.28. The highest BCUT2D eigenvalue weighted by molar-refractivity contribution is 7.80. The van der Waals surface area contributed by atoms with Gasteiger partial charge in [-0.05, 0) is 73.6 Å². The van der Waals surface area contributed by atoms with Crippen molar-refractivity contribution in [2.75, 3.05) is 6.54 Å². The first-order valence-corrected chi connectivity index (χ1v) is 10.3. The van der Waals surface area contributed by atoms with Gasteiger partial charge >= 0.3 is 0 Å². The number of aromatic nitrogens is 2. The molecule has 3 aromatic rings. The largest absolute Gasteiger partial charge is 0.352 e. The van der Waals surface area contributed by atoms with Crippen molar-refractivity contribution < 1.29 is 0 Å². The number of pyridine rings is 1. The molecule has 28 heavy (non-hydrogen) atoms. The van der Waals surface area contributed by atoms with Gasteiger partial charge in [-0.15, -0.1) is 0 Å². The maximum atomic E-state index is 6.24.